The Kier molecular flexibility index (Phi) is 6.93. The maximum Gasteiger partial charge on any atom is 0.416 e. The smallest absolute Gasteiger partial charge is 0.391 e. The molecule has 1 aromatic rings. The van der Waals surface area contributed by atoms with Gasteiger partial charge in [-0.15, -0.1) is 12.4 Å². The minimum absolute atomic E-state index is 0. The van der Waals surface area contributed by atoms with E-state index in [4.69, 9.17) is 0 Å². The number of benzene rings is 1. The molecule has 0 saturated carbocycles. The van der Waals surface area contributed by atoms with E-state index >= 15 is 0 Å². The summed E-state index contributed by atoms with van der Waals surface area (Å²) >= 11 is 3.10. The van der Waals surface area contributed by atoms with E-state index in [1.165, 1.54) is 0 Å². The van der Waals surface area contributed by atoms with Gasteiger partial charge in [0.15, 0.2) is 0 Å². The van der Waals surface area contributed by atoms with Gasteiger partial charge in [0.2, 0.25) is 0 Å². The van der Waals surface area contributed by atoms with E-state index in [1.807, 2.05) is 0 Å². The fourth-order valence-corrected chi connectivity index (χ4v) is 2.79. The van der Waals surface area contributed by atoms with Crippen molar-refractivity contribution in [2.75, 3.05) is 19.6 Å². The average molecular weight is 390 g/mol. The third-order valence-electron chi connectivity index (χ3n) is 3.32. The van der Waals surface area contributed by atoms with Crippen LogP contribution in [0, 0.1) is 5.92 Å². The molecule has 2 atom stereocenters. The lowest BCUT2D eigenvalue weighted by Gasteiger charge is -2.15. The molecule has 0 radical (unpaired) electrons. The third-order valence-corrected chi connectivity index (χ3v) is 3.78. The first kappa shape index (κ1) is 18.7. The predicted molar refractivity (Wildman–Crippen MR) is 80.5 cm³/mol. The van der Waals surface area contributed by atoms with Crippen molar-refractivity contribution in [3.8, 4) is 0 Å². The molecule has 1 fully saturated rings. The molecule has 0 spiro atoms. The van der Waals surface area contributed by atoms with Crippen LogP contribution in [-0.2, 0) is 12.7 Å². The van der Waals surface area contributed by atoms with Crippen LogP contribution in [0.25, 0.3) is 0 Å². The van der Waals surface area contributed by atoms with Crippen molar-refractivity contribution in [1.29, 1.82) is 0 Å². The Hall–Kier alpha value is -0.340. The summed E-state index contributed by atoms with van der Waals surface area (Å²) in [5, 5.41) is 15.8. The van der Waals surface area contributed by atoms with Gasteiger partial charge in [-0.3, -0.25) is 0 Å². The number of hydrogen-bond acceptors (Lipinski definition) is 3. The van der Waals surface area contributed by atoms with Crippen molar-refractivity contribution < 1.29 is 18.3 Å². The summed E-state index contributed by atoms with van der Waals surface area (Å²) in [6.07, 6.45) is -4.74. The van der Waals surface area contributed by atoms with Gasteiger partial charge in [0, 0.05) is 36.6 Å². The molecule has 3 nitrogen and oxygen atoms in total. The highest BCUT2D eigenvalue weighted by Crippen LogP contribution is 2.32. The lowest BCUT2D eigenvalue weighted by molar-refractivity contribution is -0.137. The molecule has 3 N–H and O–H groups in total. The molecular formula is C13H17BrClF3N2O. The summed E-state index contributed by atoms with van der Waals surface area (Å²) in [7, 11) is 0. The fraction of sp³-hybridized carbons (Fsp3) is 0.538. The molecule has 21 heavy (non-hydrogen) atoms. The summed E-state index contributed by atoms with van der Waals surface area (Å²) in [5.74, 6) is 0.101. The van der Waals surface area contributed by atoms with Gasteiger partial charge in [0.05, 0.1) is 11.7 Å². The summed E-state index contributed by atoms with van der Waals surface area (Å²) < 4.78 is 38.5. The minimum Gasteiger partial charge on any atom is -0.391 e. The Morgan fingerprint density at radius 3 is 2.57 bits per heavy atom. The van der Waals surface area contributed by atoms with E-state index in [0.717, 1.165) is 18.7 Å². The largest absolute Gasteiger partial charge is 0.416 e. The zero-order valence-corrected chi connectivity index (χ0v) is 13.5. The zero-order chi connectivity index (χ0) is 14.8. The zero-order valence-electron chi connectivity index (χ0n) is 11.1. The lowest BCUT2D eigenvalue weighted by Crippen LogP contribution is -2.30. The second-order valence-electron chi connectivity index (χ2n) is 4.96. The van der Waals surface area contributed by atoms with Gasteiger partial charge < -0.3 is 15.7 Å². The van der Waals surface area contributed by atoms with Crippen LogP contribution in [0.5, 0.6) is 0 Å². The maximum absolute atomic E-state index is 12.7. The predicted octanol–water partition coefficient (Wildman–Crippen LogP) is 2.56. The van der Waals surface area contributed by atoms with Gasteiger partial charge in [-0.05, 0) is 23.8 Å². The third kappa shape index (κ3) is 5.41. The molecule has 1 saturated heterocycles. The van der Waals surface area contributed by atoms with Crippen molar-refractivity contribution in [1.82, 2.24) is 10.6 Å². The number of nitrogens with one attached hydrogen (secondary N) is 2. The van der Waals surface area contributed by atoms with Gasteiger partial charge in [-0.2, -0.15) is 13.2 Å². The molecule has 2 unspecified atom stereocenters. The van der Waals surface area contributed by atoms with Gasteiger partial charge in [0.1, 0.15) is 0 Å². The Morgan fingerprint density at radius 2 is 2.00 bits per heavy atom. The van der Waals surface area contributed by atoms with Crippen LogP contribution in [0.1, 0.15) is 11.1 Å². The van der Waals surface area contributed by atoms with E-state index < -0.39 is 17.8 Å². The highest BCUT2D eigenvalue weighted by molar-refractivity contribution is 9.10. The maximum atomic E-state index is 12.7. The summed E-state index contributed by atoms with van der Waals surface area (Å²) in [6.45, 7) is 2.20. The summed E-state index contributed by atoms with van der Waals surface area (Å²) in [4.78, 5) is 0. The van der Waals surface area contributed by atoms with Crippen LogP contribution in [0.4, 0.5) is 13.2 Å². The second kappa shape index (κ2) is 7.78. The summed E-state index contributed by atoms with van der Waals surface area (Å²) in [5.41, 5.74) is -0.0987. The second-order valence-corrected chi connectivity index (χ2v) is 5.88. The highest BCUT2D eigenvalue weighted by Gasteiger charge is 2.31. The SMILES string of the molecule is Cl.OC1CNCC1CNCc1cc(Br)cc(C(F)(F)F)c1. The first-order valence-corrected chi connectivity index (χ1v) is 7.12. The van der Waals surface area contributed by atoms with Crippen molar-refractivity contribution in [3.05, 3.63) is 33.8 Å². The fourth-order valence-electron chi connectivity index (χ4n) is 2.25. The van der Waals surface area contributed by atoms with Crippen LogP contribution < -0.4 is 10.6 Å². The van der Waals surface area contributed by atoms with Gasteiger partial charge in [0.25, 0.3) is 0 Å². The quantitative estimate of drug-likeness (QED) is 0.742. The first-order chi connectivity index (χ1) is 9.36. The Bertz CT molecular complexity index is 473. The van der Waals surface area contributed by atoms with Gasteiger partial charge in [-0.1, -0.05) is 15.9 Å². The highest BCUT2D eigenvalue weighted by atomic mass is 79.9. The van der Waals surface area contributed by atoms with E-state index in [-0.39, 0.29) is 18.3 Å². The topological polar surface area (TPSA) is 44.3 Å². The molecule has 120 valence electrons. The Morgan fingerprint density at radius 1 is 1.29 bits per heavy atom. The number of aliphatic hydroxyl groups excluding tert-OH is 1. The van der Waals surface area contributed by atoms with Gasteiger partial charge >= 0.3 is 6.18 Å². The van der Waals surface area contributed by atoms with Crippen LogP contribution in [0.3, 0.4) is 0 Å². The normalized spacial score (nSPS) is 22.1. The average Bonchev–Trinajstić information content (AvgIpc) is 2.73. The molecule has 0 aliphatic carbocycles. The molecule has 1 heterocycles. The number of rotatable bonds is 4. The number of halogens is 5. The molecule has 2 rings (SSSR count). The lowest BCUT2D eigenvalue weighted by atomic mass is 10.1. The van der Waals surface area contributed by atoms with E-state index in [2.05, 4.69) is 26.6 Å². The van der Waals surface area contributed by atoms with E-state index in [1.54, 1.807) is 6.07 Å². The molecule has 0 amide bonds. The molecule has 0 aromatic heterocycles. The van der Waals surface area contributed by atoms with Crippen molar-refractivity contribution in [2.45, 2.75) is 18.8 Å². The first-order valence-electron chi connectivity index (χ1n) is 6.32. The van der Waals surface area contributed by atoms with Crippen LogP contribution >= 0.6 is 28.3 Å². The molecule has 8 heteroatoms. The minimum atomic E-state index is -4.34. The van der Waals surface area contributed by atoms with E-state index in [0.29, 0.717) is 29.7 Å². The van der Waals surface area contributed by atoms with Crippen LogP contribution in [0.15, 0.2) is 22.7 Å². The molecule has 1 aliphatic heterocycles. The van der Waals surface area contributed by atoms with E-state index in [9.17, 15) is 18.3 Å². The number of aliphatic hydroxyl groups is 1. The Balaban J connectivity index is 0.00000220. The van der Waals surface area contributed by atoms with Crippen molar-refractivity contribution in [2.24, 2.45) is 5.92 Å². The molecule has 1 aromatic carbocycles. The molecular weight excluding hydrogens is 373 g/mol. The molecule has 0 bridgehead atoms. The molecule has 1 aliphatic rings. The van der Waals surface area contributed by atoms with Crippen molar-refractivity contribution >= 4 is 28.3 Å². The summed E-state index contributed by atoms with van der Waals surface area (Å²) in [6, 6.07) is 3.86. The number of β-amino-alcohol motifs (C(OH)–C–C–N with tert-alkyl or cyclic N) is 1. The van der Waals surface area contributed by atoms with Crippen molar-refractivity contribution in [3.63, 3.8) is 0 Å². The van der Waals surface area contributed by atoms with Crippen LogP contribution in [0.2, 0.25) is 0 Å². The van der Waals surface area contributed by atoms with Crippen LogP contribution in [-0.4, -0.2) is 30.8 Å². The Labute approximate surface area is 135 Å². The number of hydrogen-bond donors (Lipinski definition) is 3. The van der Waals surface area contributed by atoms with Gasteiger partial charge in [-0.25, -0.2) is 0 Å². The monoisotopic (exact) mass is 388 g/mol. The standard InChI is InChI=1S/C13H16BrF3N2O.ClH/c14-11-2-8(1-10(3-11)13(15,16)17)4-18-5-9-6-19-7-12(9)20;/h1-3,9,12,18-20H,4-7H2;1H. The number of alkyl halides is 3.